The molecule has 2 aliphatic heterocycles. The Balaban J connectivity index is 1.03. The number of aldehydes is 1. The van der Waals surface area contributed by atoms with Crippen LogP contribution in [0.15, 0.2) is 27.6 Å². The van der Waals surface area contributed by atoms with Crippen LogP contribution in [0.3, 0.4) is 0 Å². The first-order chi connectivity index (χ1) is 24.1. The molecule has 0 radical (unpaired) electrons. The number of hydrogen-bond acceptors (Lipinski definition) is 15. The minimum absolute atomic E-state index is 0.0215. The number of fused-ring (bicyclic) bond motifs is 5. The third-order valence-electron chi connectivity index (χ3n) is 14.1. The molecule has 15 nitrogen and oxygen atoms in total. The summed E-state index contributed by atoms with van der Waals surface area (Å²) < 4.78 is 28.4. The zero-order chi connectivity index (χ0) is 36.7. The summed E-state index contributed by atoms with van der Waals surface area (Å²) >= 11 is 0. The highest BCUT2D eigenvalue weighted by Crippen LogP contribution is 2.71. The van der Waals surface area contributed by atoms with Gasteiger partial charge in [0, 0.05) is 17.9 Å². The lowest BCUT2D eigenvalue weighted by atomic mass is 9.41. The normalized spacial score (nSPS) is 52.7. The van der Waals surface area contributed by atoms with Crippen LogP contribution in [0.5, 0.6) is 0 Å². The molecule has 2 saturated heterocycles. The third-order valence-corrected chi connectivity index (χ3v) is 14.1. The van der Waals surface area contributed by atoms with Gasteiger partial charge in [0.1, 0.15) is 49.0 Å². The Morgan fingerprint density at radius 1 is 0.843 bits per heavy atom. The second-order valence-electron chi connectivity index (χ2n) is 16.3. The van der Waals surface area contributed by atoms with Gasteiger partial charge >= 0.3 is 5.63 Å². The van der Waals surface area contributed by atoms with Gasteiger partial charge in [-0.1, -0.05) is 6.92 Å². The molecule has 1 aromatic rings. The summed E-state index contributed by atoms with van der Waals surface area (Å²) in [5, 5.41) is 87.1. The minimum Gasteiger partial charge on any atom is -0.431 e. The van der Waals surface area contributed by atoms with E-state index in [0.29, 0.717) is 44.9 Å². The quantitative estimate of drug-likeness (QED) is 0.127. The Morgan fingerprint density at radius 3 is 2.24 bits per heavy atom. The van der Waals surface area contributed by atoms with Gasteiger partial charge in [0.25, 0.3) is 0 Å². The molecular formula is C36H52O15. The second-order valence-corrected chi connectivity index (χ2v) is 16.3. The zero-order valence-corrected chi connectivity index (χ0v) is 28.9. The zero-order valence-electron chi connectivity index (χ0n) is 28.9. The van der Waals surface area contributed by atoms with E-state index >= 15 is 0 Å². The smallest absolute Gasteiger partial charge is 0.335 e. The van der Waals surface area contributed by atoms with Gasteiger partial charge in [0.2, 0.25) is 0 Å². The minimum atomic E-state index is -1.72. The highest BCUT2D eigenvalue weighted by molar-refractivity contribution is 5.64. The van der Waals surface area contributed by atoms with Gasteiger partial charge in [0.05, 0.1) is 41.7 Å². The van der Waals surface area contributed by atoms with Crippen molar-refractivity contribution in [3.63, 3.8) is 0 Å². The van der Waals surface area contributed by atoms with E-state index in [1.54, 1.807) is 13.0 Å². The number of ether oxygens (including phenoxy) is 4. The van der Waals surface area contributed by atoms with Crippen LogP contribution in [0, 0.1) is 22.7 Å². The van der Waals surface area contributed by atoms with E-state index in [0.717, 1.165) is 11.8 Å². The van der Waals surface area contributed by atoms with Crippen molar-refractivity contribution in [1.29, 1.82) is 0 Å². The Hall–Kier alpha value is -1.86. The summed E-state index contributed by atoms with van der Waals surface area (Å²) in [6, 6.07) is 3.17. The molecule has 51 heavy (non-hydrogen) atoms. The van der Waals surface area contributed by atoms with Gasteiger partial charge in [-0.05, 0) is 87.7 Å². The molecular weight excluding hydrogens is 672 g/mol. The fourth-order valence-electron chi connectivity index (χ4n) is 11.2. The molecule has 6 aliphatic rings. The lowest BCUT2D eigenvalue weighted by Crippen LogP contribution is -2.69. The number of aliphatic hydroxyl groups excluding tert-OH is 6. The van der Waals surface area contributed by atoms with Crippen molar-refractivity contribution >= 4 is 6.29 Å². The largest absolute Gasteiger partial charge is 0.431 e. The maximum atomic E-state index is 13.2. The highest BCUT2D eigenvalue weighted by Gasteiger charge is 2.71. The summed E-state index contributed by atoms with van der Waals surface area (Å²) in [5.74, 6) is -0.509. The Labute approximate surface area is 295 Å². The van der Waals surface area contributed by atoms with Gasteiger partial charge in [-0.25, -0.2) is 4.79 Å². The van der Waals surface area contributed by atoms with Crippen LogP contribution >= 0.6 is 0 Å². The molecule has 15 heteroatoms. The van der Waals surface area contributed by atoms with Crippen molar-refractivity contribution in [1.82, 2.24) is 0 Å². The van der Waals surface area contributed by atoms with Crippen molar-refractivity contribution in [3.8, 4) is 0 Å². The van der Waals surface area contributed by atoms with Crippen LogP contribution in [0.25, 0.3) is 0 Å². The predicted molar refractivity (Wildman–Crippen MR) is 173 cm³/mol. The monoisotopic (exact) mass is 724 g/mol. The van der Waals surface area contributed by atoms with Gasteiger partial charge < -0.3 is 69.0 Å². The third kappa shape index (κ3) is 5.70. The maximum Gasteiger partial charge on any atom is 0.335 e. The SMILES string of the molecule is CC1O[C@@H](O[C@H]2CC[C@]3(C=O)C4CC[C@]5(C)[C@@H](c6ccc(=O)oc6)CC[C@]5(O)C4CC[C@]3(O)C2)C(O)[C@@H](O)[C@H]1O[C@@H]1OC(CO)[C@@H](O)[C@@H](O)C1O. The molecule has 0 aromatic carbocycles. The Kier molecular flexibility index (Phi) is 9.89. The predicted octanol–water partition coefficient (Wildman–Crippen LogP) is -0.788. The number of aliphatic hydroxyl groups is 8. The molecule has 18 atom stereocenters. The molecule has 0 spiro atoms. The van der Waals surface area contributed by atoms with Gasteiger partial charge in [-0.15, -0.1) is 0 Å². The first-order valence-electron chi connectivity index (χ1n) is 18.3. The fraction of sp³-hybridized carbons (Fsp3) is 0.833. The highest BCUT2D eigenvalue weighted by atomic mass is 16.7. The number of rotatable bonds is 7. The maximum absolute atomic E-state index is 13.2. The average Bonchev–Trinajstić information content (AvgIpc) is 3.39. The lowest BCUT2D eigenvalue weighted by Gasteiger charge is -2.65. The van der Waals surface area contributed by atoms with E-state index < -0.39 is 102 Å². The van der Waals surface area contributed by atoms with Crippen molar-refractivity contribution in [3.05, 3.63) is 34.4 Å². The molecule has 0 amide bonds. The average molecular weight is 725 g/mol. The van der Waals surface area contributed by atoms with E-state index in [-0.39, 0.29) is 30.6 Å². The van der Waals surface area contributed by atoms with Crippen LogP contribution in [0.4, 0.5) is 0 Å². The Morgan fingerprint density at radius 2 is 1.55 bits per heavy atom. The van der Waals surface area contributed by atoms with Crippen molar-refractivity contribution < 1.29 is 69.0 Å². The van der Waals surface area contributed by atoms with Crippen LogP contribution in [0.2, 0.25) is 0 Å². The van der Waals surface area contributed by atoms with Crippen LogP contribution in [-0.4, -0.2) is 132 Å². The standard InChI is InChI=1S/C36H52O15/c1-17-30(51-32-28(43)26(41)25(40)23(14-37)50-32)27(42)29(44)31(48-17)49-19-5-10-34(16-38)21-6-9-33(2)20(18-3-4-24(39)47-15-18)8-12-36(33,46)22(21)7-11-35(34,45)13-19/h3-4,15-17,19-23,25-32,37,40-46H,5-14H2,1-2H3/t17?,19-,20+,21?,22?,23?,25+,26+,27+,28?,29?,30-,31-,32-,33+,34-,35-,36-/m0/s1. The molecule has 6 unspecified atom stereocenters. The summed E-state index contributed by atoms with van der Waals surface area (Å²) in [6.07, 6.45) is -8.77. The molecule has 6 fully saturated rings. The van der Waals surface area contributed by atoms with Crippen LogP contribution < -0.4 is 5.63 Å². The second kappa shape index (κ2) is 13.5. The van der Waals surface area contributed by atoms with E-state index in [4.69, 9.17) is 23.4 Å². The van der Waals surface area contributed by atoms with Gasteiger partial charge in [-0.2, -0.15) is 0 Å². The van der Waals surface area contributed by atoms with E-state index in [1.807, 2.05) is 0 Å². The first kappa shape index (κ1) is 37.5. The lowest BCUT2D eigenvalue weighted by molar-refractivity contribution is -0.361. The first-order valence-corrected chi connectivity index (χ1v) is 18.3. The van der Waals surface area contributed by atoms with E-state index in [9.17, 15) is 50.4 Å². The molecule has 1 aromatic heterocycles. The number of hydrogen-bond donors (Lipinski definition) is 8. The Bertz CT molecular complexity index is 1470. The molecule has 0 bridgehead atoms. The van der Waals surface area contributed by atoms with Crippen LogP contribution in [0.1, 0.15) is 83.1 Å². The molecule has 4 saturated carbocycles. The van der Waals surface area contributed by atoms with E-state index in [1.165, 1.54) is 12.3 Å². The molecule has 4 aliphatic carbocycles. The molecule has 286 valence electrons. The van der Waals surface area contributed by atoms with Crippen molar-refractivity contribution in [2.45, 2.75) is 156 Å². The van der Waals surface area contributed by atoms with Crippen LogP contribution in [-0.2, 0) is 23.7 Å². The van der Waals surface area contributed by atoms with Crippen molar-refractivity contribution in [2.75, 3.05) is 6.61 Å². The summed E-state index contributed by atoms with van der Waals surface area (Å²) in [7, 11) is 0. The summed E-state index contributed by atoms with van der Waals surface area (Å²) in [5.41, 5.74) is -3.71. The summed E-state index contributed by atoms with van der Waals surface area (Å²) in [4.78, 5) is 24.8. The molecule has 8 N–H and O–H groups in total. The van der Waals surface area contributed by atoms with Gasteiger partial charge in [0.15, 0.2) is 12.6 Å². The fourth-order valence-corrected chi connectivity index (χ4v) is 11.2. The van der Waals surface area contributed by atoms with Gasteiger partial charge in [-0.3, -0.25) is 0 Å². The number of carbonyl (C=O) groups excluding carboxylic acids is 1. The summed E-state index contributed by atoms with van der Waals surface area (Å²) in [6.45, 7) is 2.98. The van der Waals surface area contributed by atoms with Crippen molar-refractivity contribution in [2.24, 2.45) is 22.7 Å². The van der Waals surface area contributed by atoms with E-state index in [2.05, 4.69) is 6.92 Å². The molecule has 7 rings (SSSR count). The number of carbonyl (C=O) groups is 1. The molecule has 3 heterocycles. The topological polar surface area (TPSA) is 246 Å².